The molecule has 1 aliphatic carbocycles. The molecule has 1 aromatic carbocycles. The van der Waals surface area contributed by atoms with Crippen LogP contribution in [0.1, 0.15) is 37.3 Å². The molecule has 1 aromatic rings. The van der Waals surface area contributed by atoms with Crippen molar-refractivity contribution in [1.82, 2.24) is 5.32 Å². The van der Waals surface area contributed by atoms with Crippen LogP contribution in [0.4, 0.5) is 0 Å². The summed E-state index contributed by atoms with van der Waals surface area (Å²) in [5, 5.41) is 3.66. The molecular formula is C15H20BrNO. The second-order valence-corrected chi connectivity index (χ2v) is 6.34. The number of halogens is 1. The van der Waals surface area contributed by atoms with Gasteiger partial charge in [-0.15, -0.1) is 0 Å². The van der Waals surface area contributed by atoms with E-state index in [-0.39, 0.29) is 0 Å². The van der Waals surface area contributed by atoms with Gasteiger partial charge in [0.05, 0.1) is 6.61 Å². The summed E-state index contributed by atoms with van der Waals surface area (Å²) < 4.78 is 6.92. The SMILES string of the molecule is CCCC1CC1NCc1cc(Br)cc2c1OCC2. The quantitative estimate of drug-likeness (QED) is 0.896. The zero-order valence-electron chi connectivity index (χ0n) is 10.8. The molecule has 3 rings (SSSR count). The van der Waals surface area contributed by atoms with E-state index in [0.717, 1.165) is 37.3 Å². The summed E-state index contributed by atoms with van der Waals surface area (Å²) in [5.41, 5.74) is 2.65. The van der Waals surface area contributed by atoms with Crippen molar-refractivity contribution < 1.29 is 4.74 Å². The molecule has 0 radical (unpaired) electrons. The maximum Gasteiger partial charge on any atom is 0.127 e. The van der Waals surface area contributed by atoms with Crippen molar-refractivity contribution in [3.05, 3.63) is 27.7 Å². The van der Waals surface area contributed by atoms with Gasteiger partial charge in [0.25, 0.3) is 0 Å². The summed E-state index contributed by atoms with van der Waals surface area (Å²) in [5.74, 6) is 2.04. The van der Waals surface area contributed by atoms with Crippen LogP contribution in [-0.4, -0.2) is 12.6 Å². The van der Waals surface area contributed by atoms with Gasteiger partial charge in [-0.3, -0.25) is 0 Å². The molecule has 0 aromatic heterocycles. The van der Waals surface area contributed by atoms with Crippen LogP contribution in [0.5, 0.6) is 5.75 Å². The highest BCUT2D eigenvalue weighted by Crippen LogP contribution is 2.36. The zero-order chi connectivity index (χ0) is 12.5. The van der Waals surface area contributed by atoms with E-state index in [0.29, 0.717) is 0 Å². The standard InChI is InChI=1S/C15H20BrNO/c1-2-3-10-8-14(10)17-9-12-7-13(16)6-11-4-5-18-15(11)12/h6-7,10,14,17H,2-5,8-9H2,1H3. The number of nitrogens with one attached hydrogen (secondary N) is 1. The number of benzene rings is 1. The Kier molecular flexibility index (Phi) is 3.62. The van der Waals surface area contributed by atoms with E-state index in [4.69, 9.17) is 4.74 Å². The van der Waals surface area contributed by atoms with Crippen LogP contribution in [-0.2, 0) is 13.0 Å². The topological polar surface area (TPSA) is 21.3 Å². The first-order chi connectivity index (χ1) is 8.78. The van der Waals surface area contributed by atoms with E-state index in [1.165, 1.54) is 34.9 Å². The molecule has 2 aliphatic rings. The summed E-state index contributed by atoms with van der Waals surface area (Å²) in [6.07, 6.45) is 5.07. The predicted molar refractivity (Wildman–Crippen MR) is 77.0 cm³/mol. The van der Waals surface area contributed by atoms with Crippen LogP contribution in [0.3, 0.4) is 0 Å². The van der Waals surface area contributed by atoms with Crippen molar-refractivity contribution in [3.8, 4) is 5.75 Å². The smallest absolute Gasteiger partial charge is 0.127 e. The zero-order valence-corrected chi connectivity index (χ0v) is 12.4. The van der Waals surface area contributed by atoms with Crippen molar-refractivity contribution in [1.29, 1.82) is 0 Å². The number of hydrogen-bond acceptors (Lipinski definition) is 2. The summed E-state index contributed by atoms with van der Waals surface area (Å²) in [7, 11) is 0. The Labute approximate surface area is 117 Å². The van der Waals surface area contributed by atoms with Gasteiger partial charge in [0, 0.05) is 29.0 Å². The molecule has 2 atom stereocenters. The Morgan fingerprint density at radius 2 is 2.33 bits per heavy atom. The van der Waals surface area contributed by atoms with Gasteiger partial charge in [-0.25, -0.2) is 0 Å². The van der Waals surface area contributed by atoms with Crippen LogP contribution in [0, 0.1) is 5.92 Å². The van der Waals surface area contributed by atoms with Crippen molar-refractivity contribution >= 4 is 15.9 Å². The molecule has 1 heterocycles. The minimum absolute atomic E-state index is 0.737. The van der Waals surface area contributed by atoms with Crippen molar-refractivity contribution in [2.75, 3.05) is 6.61 Å². The van der Waals surface area contributed by atoms with Gasteiger partial charge >= 0.3 is 0 Å². The monoisotopic (exact) mass is 309 g/mol. The second-order valence-electron chi connectivity index (χ2n) is 5.42. The molecule has 3 heteroatoms. The lowest BCUT2D eigenvalue weighted by molar-refractivity contribution is 0.352. The Hall–Kier alpha value is -0.540. The fraction of sp³-hybridized carbons (Fsp3) is 0.600. The van der Waals surface area contributed by atoms with Crippen LogP contribution in [0.15, 0.2) is 16.6 Å². The maximum atomic E-state index is 5.75. The molecule has 0 bridgehead atoms. The van der Waals surface area contributed by atoms with E-state index >= 15 is 0 Å². The van der Waals surface area contributed by atoms with E-state index in [1.807, 2.05) is 0 Å². The molecule has 18 heavy (non-hydrogen) atoms. The van der Waals surface area contributed by atoms with Gasteiger partial charge in [-0.1, -0.05) is 29.3 Å². The molecule has 1 saturated carbocycles. The van der Waals surface area contributed by atoms with Gasteiger partial charge in [-0.2, -0.15) is 0 Å². The minimum atomic E-state index is 0.737. The third-order valence-electron chi connectivity index (χ3n) is 3.96. The number of ether oxygens (including phenoxy) is 1. The molecule has 0 amide bonds. The normalized spacial score (nSPS) is 24.8. The molecule has 2 unspecified atom stereocenters. The first-order valence-electron chi connectivity index (χ1n) is 6.95. The molecule has 1 fully saturated rings. The molecule has 1 aliphatic heterocycles. The summed E-state index contributed by atoms with van der Waals surface area (Å²) in [4.78, 5) is 0. The molecule has 0 saturated heterocycles. The fourth-order valence-electron chi connectivity index (χ4n) is 2.91. The highest BCUT2D eigenvalue weighted by molar-refractivity contribution is 9.10. The van der Waals surface area contributed by atoms with E-state index in [9.17, 15) is 0 Å². The largest absolute Gasteiger partial charge is 0.493 e. The van der Waals surface area contributed by atoms with Crippen molar-refractivity contribution in [2.45, 2.75) is 45.2 Å². The third-order valence-corrected chi connectivity index (χ3v) is 4.42. The molecule has 98 valence electrons. The third kappa shape index (κ3) is 2.57. The summed E-state index contributed by atoms with van der Waals surface area (Å²) in [6.45, 7) is 4.04. The van der Waals surface area contributed by atoms with Crippen molar-refractivity contribution in [3.63, 3.8) is 0 Å². The fourth-order valence-corrected chi connectivity index (χ4v) is 3.46. The number of fused-ring (bicyclic) bond motifs is 1. The average molecular weight is 310 g/mol. The Morgan fingerprint density at radius 1 is 1.44 bits per heavy atom. The Morgan fingerprint density at radius 3 is 3.17 bits per heavy atom. The lowest BCUT2D eigenvalue weighted by atomic mass is 10.1. The highest BCUT2D eigenvalue weighted by atomic mass is 79.9. The second kappa shape index (κ2) is 5.22. The number of hydrogen-bond donors (Lipinski definition) is 1. The summed E-state index contributed by atoms with van der Waals surface area (Å²) in [6, 6.07) is 5.11. The van der Waals surface area contributed by atoms with Crippen LogP contribution in [0.2, 0.25) is 0 Å². The van der Waals surface area contributed by atoms with Crippen LogP contribution >= 0.6 is 15.9 Å². The Balaban J connectivity index is 1.63. The highest BCUT2D eigenvalue weighted by Gasteiger charge is 2.35. The maximum absolute atomic E-state index is 5.75. The first kappa shape index (κ1) is 12.5. The first-order valence-corrected chi connectivity index (χ1v) is 7.74. The predicted octanol–water partition coefficient (Wildman–Crippen LogP) is 3.66. The van der Waals surface area contributed by atoms with E-state index in [2.05, 4.69) is 40.3 Å². The molecule has 0 spiro atoms. The van der Waals surface area contributed by atoms with Gasteiger partial charge in [0.15, 0.2) is 0 Å². The summed E-state index contributed by atoms with van der Waals surface area (Å²) >= 11 is 3.59. The van der Waals surface area contributed by atoms with E-state index in [1.54, 1.807) is 0 Å². The molecule has 1 N–H and O–H groups in total. The Bertz CT molecular complexity index is 446. The van der Waals surface area contributed by atoms with Crippen molar-refractivity contribution in [2.24, 2.45) is 5.92 Å². The minimum Gasteiger partial charge on any atom is -0.493 e. The van der Waals surface area contributed by atoms with E-state index < -0.39 is 0 Å². The average Bonchev–Trinajstić information content (AvgIpc) is 2.90. The molecular weight excluding hydrogens is 290 g/mol. The van der Waals surface area contributed by atoms with Gasteiger partial charge in [0.1, 0.15) is 5.75 Å². The molecule has 2 nitrogen and oxygen atoms in total. The van der Waals surface area contributed by atoms with Gasteiger partial charge in [-0.05, 0) is 36.5 Å². The van der Waals surface area contributed by atoms with Gasteiger partial charge < -0.3 is 10.1 Å². The van der Waals surface area contributed by atoms with Gasteiger partial charge in [0.2, 0.25) is 0 Å². The lowest BCUT2D eigenvalue weighted by Gasteiger charge is -2.10. The van der Waals surface area contributed by atoms with Crippen LogP contribution < -0.4 is 10.1 Å². The lowest BCUT2D eigenvalue weighted by Crippen LogP contribution is -2.18. The number of rotatable bonds is 5. The van der Waals surface area contributed by atoms with Crippen LogP contribution in [0.25, 0.3) is 0 Å².